The zero-order valence-electron chi connectivity index (χ0n) is 11.3. The van der Waals surface area contributed by atoms with Gasteiger partial charge in [-0.1, -0.05) is 49.4 Å². The van der Waals surface area contributed by atoms with Crippen molar-refractivity contribution >= 4 is 6.21 Å². The molecule has 2 rings (SSSR count). The van der Waals surface area contributed by atoms with Crippen molar-refractivity contribution in [3.8, 4) is 5.75 Å². The second-order valence-electron chi connectivity index (χ2n) is 4.34. The minimum absolute atomic E-state index is 0.697. The van der Waals surface area contributed by atoms with Crippen molar-refractivity contribution in [2.45, 2.75) is 19.9 Å². The van der Waals surface area contributed by atoms with Gasteiger partial charge in [0, 0.05) is 11.8 Å². The molecule has 2 heteroatoms. The van der Waals surface area contributed by atoms with Crippen LogP contribution in [0.4, 0.5) is 0 Å². The Morgan fingerprint density at radius 2 is 1.74 bits per heavy atom. The summed E-state index contributed by atoms with van der Waals surface area (Å²) in [7, 11) is 0. The van der Waals surface area contributed by atoms with E-state index in [1.807, 2.05) is 48.7 Å². The molecule has 0 heterocycles. The second kappa shape index (κ2) is 7.37. The van der Waals surface area contributed by atoms with Gasteiger partial charge in [-0.3, -0.25) is 4.99 Å². The van der Waals surface area contributed by atoms with Crippen LogP contribution in [0.5, 0.6) is 5.75 Å². The highest BCUT2D eigenvalue weighted by Crippen LogP contribution is 2.16. The number of benzene rings is 2. The molecule has 0 aliphatic heterocycles. The molecule has 0 aliphatic rings. The molecule has 0 saturated carbocycles. The minimum atomic E-state index is 0.697. The lowest BCUT2D eigenvalue weighted by atomic mass is 10.2. The van der Waals surface area contributed by atoms with Crippen LogP contribution in [-0.4, -0.2) is 12.8 Å². The van der Waals surface area contributed by atoms with E-state index in [9.17, 15) is 0 Å². The van der Waals surface area contributed by atoms with Crippen molar-refractivity contribution in [2.24, 2.45) is 4.99 Å². The van der Waals surface area contributed by atoms with Gasteiger partial charge in [0.05, 0.1) is 13.2 Å². The lowest BCUT2D eigenvalue weighted by Gasteiger charge is -2.07. The van der Waals surface area contributed by atoms with E-state index in [1.165, 1.54) is 5.56 Å². The van der Waals surface area contributed by atoms with Crippen molar-refractivity contribution in [2.75, 3.05) is 6.61 Å². The summed E-state index contributed by atoms with van der Waals surface area (Å²) in [5.41, 5.74) is 2.25. The first-order valence-corrected chi connectivity index (χ1v) is 6.65. The molecule has 98 valence electrons. The number of hydrogen-bond donors (Lipinski definition) is 0. The first-order chi connectivity index (χ1) is 9.40. The van der Waals surface area contributed by atoms with E-state index >= 15 is 0 Å². The Morgan fingerprint density at radius 1 is 1.00 bits per heavy atom. The maximum Gasteiger partial charge on any atom is 0.128 e. The molecule has 0 fully saturated rings. The summed E-state index contributed by atoms with van der Waals surface area (Å²) >= 11 is 0. The van der Waals surface area contributed by atoms with Gasteiger partial charge in [0.15, 0.2) is 0 Å². The van der Waals surface area contributed by atoms with Gasteiger partial charge in [-0.05, 0) is 24.1 Å². The van der Waals surface area contributed by atoms with Gasteiger partial charge in [0.25, 0.3) is 0 Å². The minimum Gasteiger partial charge on any atom is -0.493 e. The SMILES string of the molecule is CCCOc1ccccc1C=NCc1ccccc1. The van der Waals surface area contributed by atoms with Crippen LogP contribution in [-0.2, 0) is 6.54 Å². The average Bonchev–Trinajstić information content (AvgIpc) is 2.47. The highest BCUT2D eigenvalue weighted by molar-refractivity contribution is 5.83. The molecule has 19 heavy (non-hydrogen) atoms. The zero-order valence-corrected chi connectivity index (χ0v) is 11.3. The fraction of sp³-hybridized carbons (Fsp3) is 0.235. The van der Waals surface area contributed by atoms with Crippen LogP contribution in [0.3, 0.4) is 0 Å². The van der Waals surface area contributed by atoms with Gasteiger partial charge in [-0.2, -0.15) is 0 Å². The molecule has 2 nitrogen and oxygen atoms in total. The summed E-state index contributed by atoms with van der Waals surface area (Å²) in [6.07, 6.45) is 2.90. The molecule has 0 bridgehead atoms. The van der Waals surface area contributed by atoms with E-state index in [0.29, 0.717) is 6.54 Å². The van der Waals surface area contributed by atoms with E-state index in [-0.39, 0.29) is 0 Å². The molecular formula is C17H19NO. The first kappa shape index (κ1) is 13.3. The van der Waals surface area contributed by atoms with Gasteiger partial charge in [0.1, 0.15) is 5.75 Å². The maximum absolute atomic E-state index is 5.70. The van der Waals surface area contributed by atoms with Crippen molar-refractivity contribution in [1.82, 2.24) is 0 Å². The Hall–Kier alpha value is -2.09. The molecule has 2 aromatic carbocycles. The number of rotatable bonds is 6. The van der Waals surface area contributed by atoms with E-state index in [0.717, 1.165) is 24.3 Å². The Labute approximate surface area is 114 Å². The predicted molar refractivity (Wildman–Crippen MR) is 80.0 cm³/mol. The molecule has 0 radical (unpaired) electrons. The normalized spacial score (nSPS) is 10.8. The van der Waals surface area contributed by atoms with Crippen LogP contribution in [0.1, 0.15) is 24.5 Å². The highest BCUT2D eigenvalue weighted by atomic mass is 16.5. The Kier molecular flexibility index (Phi) is 5.17. The number of aliphatic imine (C=N–C) groups is 1. The number of para-hydroxylation sites is 1. The van der Waals surface area contributed by atoms with Gasteiger partial charge in [-0.15, -0.1) is 0 Å². The fourth-order valence-corrected chi connectivity index (χ4v) is 1.76. The lowest BCUT2D eigenvalue weighted by molar-refractivity contribution is 0.317. The summed E-state index contributed by atoms with van der Waals surface area (Å²) in [6.45, 7) is 3.54. The molecule has 0 unspecified atom stereocenters. The third-order valence-electron chi connectivity index (χ3n) is 2.73. The molecular weight excluding hydrogens is 234 g/mol. The lowest BCUT2D eigenvalue weighted by Crippen LogP contribution is -1.98. The van der Waals surface area contributed by atoms with Gasteiger partial charge >= 0.3 is 0 Å². The van der Waals surface area contributed by atoms with Crippen LogP contribution in [0.15, 0.2) is 59.6 Å². The predicted octanol–water partition coefficient (Wildman–Crippen LogP) is 4.09. The van der Waals surface area contributed by atoms with E-state index in [2.05, 4.69) is 24.0 Å². The summed E-state index contributed by atoms with van der Waals surface area (Å²) in [5.74, 6) is 0.904. The standard InChI is InChI=1S/C17H19NO/c1-2-12-19-17-11-7-6-10-16(17)14-18-13-15-8-4-3-5-9-15/h3-11,14H,2,12-13H2,1H3. The molecule has 0 amide bonds. The molecule has 2 aromatic rings. The number of ether oxygens (including phenoxy) is 1. The summed E-state index contributed by atoms with van der Waals surface area (Å²) in [6, 6.07) is 18.2. The average molecular weight is 253 g/mol. The van der Waals surface area contributed by atoms with Crippen LogP contribution in [0, 0.1) is 0 Å². The fourth-order valence-electron chi connectivity index (χ4n) is 1.76. The molecule has 0 saturated heterocycles. The Bertz CT molecular complexity index is 520. The summed E-state index contributed by atoms with van der Waals surface area (Å²) in [5, 5.41) is 0. The molecule has 0 aliphatic carbocycles. The third kappa shape index (κ3) is 4.25. The van der Waals surface area contributed by atoms with Crippen LogP contribution >= 0.6 is 0 Å². The van der Waals surface area contributed by atoms with Crippen molar-refractivity contribution in [3.05, 3.63) is 65.7 Å². The van der Waals surface area contributed by atoms with Gasteiger partial charge < -0.3 is 4.74 Å². The van der Waals surface area contributed by atoms with E-state index < -0.39 is 0 Å². The van der Waals surface area contributed by atoms with E-state index in [1.54, 1.807) is 0 Å². The van der Waals surface area contributed by atoms with Crippen molar-refractivity contribution < 1.29 is 4.74 Å². The summed E-state index contributed by atoms with van der Waals surface area (Å²) in [4.78, 5) is 4.48. The van der Waals surface area contributed by atoms with Crippen LogP contribution < -0.4 is 4.74 Å². The van der Waals surface area contributed by atoms with Crippen LogP contribution in [0.25, 0.3) is 0 Å². The van der Waals surface area contributed by atoms with Crippen LogP contribution in [0.2, 0.25) is 0 Å². The number of hydrogen-bond acceptors (Lipinski definition) is 2. The zero-order chi connectivity index (χ0) is 13.3. The Balaban J connectivity index is 2.02. The Morgan fingerprint density at radius 3 is 2.53 bits per heavy atom. The quantitative estimate of drug-likeness (QED) is 0.710. The smallest absolute Gasteiger partial charge is 0.128 e. The molecule has 0 atom stereocenters. The second-order valence-corrected chi connectivity index (χ2v) is 4.34. The molecule has 0 aromatic heterocycles. The summed E-state index contributed by atoms with van der Waals surface area (Å²) < 4.78 is 5.70. The topological polar surface area (TPSA) is 21.6 Å². The number of nitrogens with zero attached hydrogens (tertiary/aromatic N) is 1. The first-order valence-electron chi connectivity index (χ1n) is 6.65. The molecule has 0 spiro atoms. The van der Waals surface area contributed by atoms with Gasteiger partial charge in [0.2, 0.25) is 0 Å². The highest BCUT2D eigenvalue weighted by Gasteiger charge is 1.99. The van der Waals surface area contributed by atoms with E-state index in [4.69, 9.17) is 4.74 Å². The van der Waals surface area contributed by atoms with Gasteiger partial charge in [-0.25, -0.2) is 0 Å². The monoisotopic (exact) mass is 253 g/mol. The van der Waals surface area contributed by atoms with Crippen molar-refractivity contribution in [3.63, 3.8) is 0 Å². The molecule has 0 N–H and O–H groups in total. The largest absolute Gasteiger partial charge is 0.493 e. The van der Waals surface area contributed by atoms with Crippen molar-refractivity contribution in [1.29, 1.82) is 0 Å². The third-order valence-corrected chi connectivity index (χ3v) is 2.73. The maximum atomic E-state index is 5.70.